The van der Waals surface area contributed by atoms with Crippen LogP contribution in [0.4, 0.5) is 5.69 Å². The molecule has 4 rings (SSSR count). The van der Waals surface area contributed by atoms with Crippen molar-refractivity contribution in [2.75, 3.05) is 11.9 Å². The lowest BCUT2D eigenvalue weighted by atomic mass is 9.67. The molecule has 0 bridgehead atoms. The maximum Gasteiger partial charge on any atom is 0.341 e. The zero-order valence-electron chi connectivity index (χ0n) is 14.8. The highest BCUT2D eigenvalue weighted by molar-refractivity contribution is 6.21. The molecule has 1 spiro atoms. The Morgan fingerprint density at radius 3 is 2.85 bits per heavy atom. The fourth-order valence-corrected chi connectivity index (χ4v) is 3.92. The van der Waals surface area contributed by atoms with E-state index in [2.05, 4.69) is 5.32 Å². The monoisotopic (exact) mass is 370 g/mol. The number of hydrogen-bond acceptors (Lipinski definition) is 7. The van der Waals surface area contributed by atoms with Crippen LogP contribution in [0.3, 0.4) is 0 Å². The smallest absolute Gasteiger partial charge is 0.341 e. The topological polar surface area (TPSA) is 117 Å². The number of nitrogens with one attached hydrogen (secondary N) is 1. The third kappa shape index (κ3) is 2.19. The predicted molar refractivity (Wildman–Crippen MR) is 92.9 cm³/mol. The van der Waals surface area contributed by atoms with E-state index in [4.69, 9.17) is 19.9 Å². The number of nitrogens with two attached hydrogens (primary N) is 1. The highest BCUT2D eigenvalue weighted by Gasteiger charge is 2.63. The van der Waals surface area contributed by atoms with E-state index in [9.17, 15) is 14.4 Å². The first-order valence-corrected chi connectivity index (χ1v) is 8.62. The van der Waals surface area contributed by atoms with Gasteiger partial charge in [0.25, 0.3) is 0 Å². The van der Waals surface area contributed by atoms with E-state index >= 15 is 0 Å². The lowest BCUT2D eigenvalue weighted by Crippen LogP contribution is -2.50. The molecule has 3 N–H and O–H groups in total. The van der Waals surface area contributed by atoms with Crippen molar-refractivity contribution in [1.82, 2.24) is 0 Å². The van der Waals surface area contributed by atoms with Gasteiger partial charge < -0.3 is 25.3 Å². The predicted octanol–water partition coefficient (Wildman–Crippen LogP) is 1.23. The molecule has 27 heavy (non-hydrogen) atoms. The quantitative estimate of drug-likeness (QED) is 0.752. The van der Waals surface area contributed by atoms with Crippen LogP contribution in [0.2, 0.25) is 0 Å². The maximum absolute atomic E-state index is 13.2. The first-order chi connectivity index (χ1) is 12.9. The van der Waals surface area contributed by atoms with Gasteiger partial charge in [-0.25, -0.2) is 9.59 Å². The Labute approximate surface area is 154 Å². The van der Waals surface area contributed by atoms with Gasteiger partial charge in [-0.2, -0.15) is 0 Å². The summed E-state index contributed by atoms with van der Waals surface area (Å²) in [4.78, 5) is 38.9. The molecular weight excluding hydrogens is 352 g/mol. The summed E-state index contributed by atoms with van der Waals surface area (Å²) in [6, 6.07) is 6.81. The van der Waals surface area contributed by atoms with Gasteiger partial charge >= 0.3 is 11.9 Å². The van der Waals surface area contributed by atoms with Crippen LogP contribution in [0.15, 0.2) is 47.1 Å². The van der Waals surface area contributed by atoms with E-state index in [1.54, 1.807) is 38.1 Å². The second kappa shape index (κ2) is 5.87. The molecule has 1 amide bonds. The molecule has 0 fully saturated rings. The highest BCUT2D eigenvalue weighted by atomic mass is 16.6. The van der Waals surface area contributed by atoms with Crippen molar-refractivity contribution in [3.63, 3.8) is 0 Å². The van der Waals surface area contributed by atoms with Gasteiger partial charge in [-0.1, -0.05) is 18.2 Å². The Bertz CT molecular complexity index is 947. The van der Waals surface area contributed by atoms with E-state index in [-0.39, 0.29) is 35.8 Å². The van der Waals surface area contributed by atoms with Crippen molar-refractivity contribution in [2.45, 2.75) is 31.8 Å². The molecule has 3 aliphatic rings. The number of fused-ring (bicyclic) bond motifs is 3. The summed E-state index contributed by atoms with van der Waals surface area (Å²) >= 11 is 0. The largest absolute Gasteiger partial charge is 0.462 e. The number of carbonyl (C=O) groups excluding carboxylic acids is 3. The van der Waals surface area contributed by atoms with Crippen molar-refractivity contribution in [1.29, 1.82) is 0 Å². The third-order valence-corrected chi connectivity index (χ3v) is 4.89. The van der Waals surface area contributed by atoms with E-state index in [0.29, 0.717) is 11.3 Å². The zero-order chi connectivity index (χ0) is 19.3. The van der Waals surface area contributed by atoms with Crippen molar-refractivity contribution in [3.05, 3.63) is 52.6 Å². The molecule has 8 nitrogen and oxygen atoms in total. The number of rotatable bonds is 2. The second-order valence-corrected chi connectivity index (χ2v) is 6.53. The first-order valence-electron chi connectivity index (χ1n) is 8.62. The van der Waals surface area contributed by atoms with Crippen LogP contribution >= 0.6 is 0 Å². The average molecular weight is 370 g/mol. The normalized spacial score (nSPS) is 26.2. The molecule has 0 saturated heterocycles. The summed E-state index contributed by atoms with van der Waals surface area (Å²) in [5, 5.41) is 2.74. The lowest BCUT2D eigenvalue weighted by Gasteiger charge is -2.39. The standard InChI is InChI=1S/C19H18N2O6/c1-3-25-16(22)14-15(20)27-12-8-9(2)26-17(23)13(12)19(14)10-6-4-5-7-11(10)21-18(19)24/h4-7,9H,3,8,20H2,1-2H3,(H,21,24)/t9-,19-/m0/s1. The van der Waals surface area contributed by atoms with E-state index in [0.717, 1.165) is 0 Å². The lowest BCUT2D eigenvalue weighted by molar-refractivity contribution is -0.149. The molecule has 1 aromatic rings. The van der Waals surface area contributed by atoms with E-state index < -0.39 is 29.4 Å². The van der Waals surface area contributed by atoms with Gasteiger partial charge in [-0.3, -0.25) is 4.79 Å². The second-order valence-electron chi connectivity index (χ2n) is 6.53. The molecule has 0 unspecified atom stereocenters. The van der Waals surface area contributed by atoms with Gasteiger partial charge in [-0.05, 0) is 19.9 Å². The summed E-state index contributed by atoms with van der Waals surface area (Å²) in [6.07, 6.45) is -0.195. The van der Waals surface area contributed by atoms with Crippen LogP contribution < -0.4 is 11.1 Å². The van der Waals surface area contributed by atoms with Crippen LogP contribution in [0.1, 0.15) is 25.8 Å². The maximum atomic E-state index is 13.2. The first kappa shape index (κ1) is 17.1. The van der Waals surface area contributed by atoms with Gasteiger partial charge in [0.1, 0.15) is 28.4 Å². The Morgan fingerprint density at radius 2 is 2.11 bits per heavy atom. The van der Waals surface area contributed by atoms with Crippen LogP contribution in [0.25, 0.3) is 0 Å². The molecular formula is C19H18N2O6. The van der Waals surface area contributed by atoms with Gasteiger partial charge in [0.2, 0.25) is 11.8 Å². The molecule has 3 heterocycles. The average Bonchev–Trinajstić information content (AvgIpc) is 2.87. The highest BCUT2D eigenvalue weighted by Crippen LogP contribution is 2.53. The minimum atomic E-state index is -1.77. The van der Waals surface area contributed by atoms with Crippen molar-refractivity contribution in [3.8, 4) is 0 Å². The summed E-state index contributed by atoms with van der Waals surface area (Å²) in [5.74, 6) is -2.13. The Kier molecular flexibility index (Phi) is 3.73. The summed E-state index contributed by atoms with van der Waals surface area (Å²) in [7, 11) is 0. The molecule has 8 heteroatoms. The minimum Gasteiger partial charge on any atom is -0.462 e. The van der Waals surface area contributed by atoms with E-state index in [1.165, 1.54) is 0 Å². The number of amides is 1. The molecule has 0 saturated carbocycles. The fraction of sp³-hybridized carbons (Fsp3) is 0.316. The number of hydrogen-bond donors (Lipinski definition) is 2. The molecule has 0 radical (unpaired) electrons. The van der Waals surface area contributed by atoms with E-state index in [1.807, 2.05) is 0 Å². The van der Waals surface area contributed by atoms with Gasteiger partial charge in [0.05, 0.1) is 6.61 Å². The summed E-state index contributed by atoms with van der Waals surface area (Å²) in [5.41, 5.74) is 4.98. The molecule has 3 aliphatic heterocycles. The fourth-order valence-electron chi connectivity index (χ4n) is 3.92. The molecule has 0 aromatic heterocycles. The summed E-state index contributed by atoms with van der Waals surface area (Å²) < 4.78 is 16.1. The number of benzene rings is 1. The van der Waals surface area contributed by atoms with Crippen molar-refractivity contribution < 1.29 is 28.6 Å². The van der Waals surface area contributed by atoms with Crippen molar-refractivity contribution in [2.24, 2.45) is 5.73 Å². The van der Waals surface area contributed by atoms with Crippen molar-refractivity contribution >= 4 is 23.5 Å². The van der Waals surface area contributed by atoms with Crippen LogP contribution in [-0.2, 0) is 34.0 Å². The molecule has 140 valence electrons. The number of ether oxygens (including phenoxy) is 3. The number of anilines is 1. The number of esters is 2. The number of para-hydroxylation sites is 1. The van der Waals surface area contributed by atoms with Gasteiger partial charge in [0.15, 0.2) is 0 Å². The SMILES string of the molecule is CCOC(=O)C1=C(N)OC2=C(C(=O)O[C@@H](C)C2)[C@]12C(=O)Nc1ccccc12. The number of carbonyl (C=O) groups is 3. The van der Waals surface area contributed by atoms with Crippen LogP contribution in [0, 0.1) is 0 Å². The Balaban J connectivity index is 2.06. The van der Waals surface area contributed by atoms with Crippen LogP contribution in [0.5, 0.6) is 0 Å². The minimum absolute atomic E-state index is 0.0275. The van der Waals surface area contributed by atoms with Gasteiger partial charge in [0, 0.05) is 17.7 Å². The third-order valence-electron chi connectivity index (χ3n) is 4.89. The van der Waals surface area contributed by atoms with Crippen LogP contribution in [-0.4, -0.2) is 30.6 Å². The molecule has 2 atom stereocenters. The summed E-state index contributed by atoms with van der Waals surface area (Å²) in [6.45, 7) is 3.42. The van der Waals surface area contributed by atoms with Gasteiger partial charge in [-0.15, -0.1) is 0 Å². The Hall–Kier alpha value is -3.29. The molecule has 1 aromatic carbocycles. The number of cyclic esters (lactones) is 1. The Morgan fingerprint density at radius 1 is 1.37 bits per heavy atom. The molecule has 0 aliphatic carbocycles. The zero-order valence-corrected chi connectivity index (χ0v) is 14.8.